The van der Waals surface area contributed by atoms with Gasteiger partial charge in [-0.3, -0.25) is 0 Å². The van der Waals surface area contributed by atoms with Gasteiger partial charge in [-0.05, 0) is 74.5 Å². The average Bonchev–Trinajstić information content (AvgIpc) is 3.83. The first-order valence-electron chi connectivity index (χ1n) is 24.5. The Morgan fingerprint density at radius 1 is 0.329 bits per heavy atom. The largest absolute Gasteiger partial charge is 0.455 e. The molecule has 3 heterocycles. The second kappa shape index (κ2) is 16.3. The van der Waals surface area contributed by atoms with E-state index in [0.717, 1.165) is 117 Å². The molecule has 0 atom stereocenters. The summed E-state index contributed by atoms with van der Waals surface area (Å²) < 4.78 is 16.6. The van der Waals surface area contributed by atoms with Crippen LogP contribution in [0.25, 0.3) is 77.6 Å². The Morgan fingerprint density at radius 2 is 0.771 bits per heavy atom. The summed E-state index contributed by atoms with van der Waals surface area (Å²) in [6.07, 6.45) is 0. The van der Waals surface area contributed by atoms with Crippen molar-refractivity contribution in [1.29, 1.82) is 0 Å². The molecule has 0 saturated heterocycles. The van der Waals surface area contributed by atoms with E-state index in [1.807, 2.05) is 6.07 Å². The third kappa shape index (κ3) is 6.24. The van der Waals surface area contributed by atoms with E-state index in [0.29, 0.717) is 6.04 Å². The van der Waals surface area contributed by atoms with E-state index >= 15 is 0 Å². The van der Waals surface area contributed by atoms with Crippen molar-refractivity contribution in [1.82, 2.24) is 0 Å². The molecule has 4 heteroatoms. The molecule has 0 unspecified atom stereocenters. The van der Waals surface area contributed by atoms with Crippen LogP contribution in [0.5, 0.6) is 0 Å². The summed E-state index contributed by atoms with van der Waals surface area (Å²) in [5.74, 6) is 0. The Kier molecular flexibility index (Phi) is 9.06. The normalized spacial score (nSPS) is 12.7. The highest BCUT2D eigenvalue weighted by Gasteiger charge is 2.44. The number of furan rings is 1. The fraction of sp³-hybridized carbons (Fsp3) is 0. The summed E-state index contributed by atoms with van der Waals surface area (Å²) in [5, 5.41) is 2.21. The third-order valence-corrected chi connectivity index (χ3v) is 14.4. The van der Waals surface area contributed by atoms with Gasteiger partial charge in [0, 0.05) is 61.3 Å². The lowest BCUT2D eigenvalue weighted by Gasteiger charge is -2.45. The Hall–Kier alpha value is -9.12. The van der Waals surface area contributed by atoms with Crippen molar-refractivity contribution in [3.63, 3.8) is 0 Å². The molecule has 0 saturated carbocycles. The molecule has 0 bridgehead atoms. The summed E-state index contributed by atoms with van der Waals surface area (Å²) in [4.78, 5) is 4.95. The maximum Gasteiger partial charge on any atom is 0.252 e. The minimum atomic E-state index is -0.192. The molecule has 0 spiro atoms. The monoisotopic (exact) mass is 891 g/mol. The van der Waals surface area contributed by atoms with Gasteiger partial charge in [-0.2, -0.15) is 0 Å². The average molecular weight is 892 g/mol. The molecule has 14 rings (SSSR count). The smallest absolute Gasteiger partial charge is 0.252 e. The lowest BCUT2D eigenvalue weighted by molar-refractivity contribution is 0.670. The fourth-order valence-corrected chi connectivity index (χ4v) is 11.4. The van der Waals surface area contributed by atoms with Gasteiger partial charge in [-0.1, -0.05) is 230 Å². The molecule has 1 aromatic heterocycles. The van der Waals surface area contributed by atoms with Gasteiger partial charge >= 0.3 is 0 Å². The van der Waals surface area contributed by atoms with Crippen molar-refractivity contribution in [2.24, 2.45) is 0 Å². The van der Waals surface area contributed by atoms with Crippen LogP contribution in [0.4, 0.5) is 34.1 Å². The third-order valence-electron chi connectivity index (χ3n) is 14.4. The minimum absolute atomic E-state index is 0.192. The zero-order chi connectivity index (χ0) is 47.0. The number of hydrogen-bond acceptors (Lipinski definition) is 3. The van der Waals surface area contributed by atoms with E-state index in [4.69, 9.17) is 4.42 Å². The number of nitrogens with zero attached hydrogens (tertiary/aromatic N) is 2. The topological polar surface area (TPSA) is 19.6 Å². The van der Waals surface area contributed by atoms with Gasteiger partial charge in [0.1, 0.15) is 11.2 Å². The molecule has 0 aliphatic carbocycles. The van der Waals surface area contributed by atoms with Gasteiger partial charge in [0.25, 0.3) is 6.71 Å². The second-order valence-corrected chi connectivity index (χ2v) is 18.2. The molecule has 326 valence electrons. The van der Waals surface area contributed by atoms with Crippen LogP contribution < -0.4 is 26.2 Å². The maximum absolute atomic E-state index is 9.92. The Morgan fingerprint density at radius 3 is 1.33 bits per heavy atom. The van der Waals surface area contributed by atoms with Crippen molar-refractivity contribution in [2.75, 3.05) is 9.80 Å². The summed E-state index contributed by atoms with van der Waals surface area (Å²) in [5.41, 5.74) is 22.5. The van der Waals surface area contributed by atoms with Crippen LogP contribution in [-0.4, -0.2) is 6.71 Å². The fourth-order valence-electron chi connectivity index (χ4n) is 11.4. The summed E-state index contributed by atoms with van der Waals surface area (Å²) in [7, 11) is 0. The molecule has 0 amide bonds. The molecule has 2 aliphatic heterocycles. The van der Waals surface area contributed by atoms with Crippen molar-refractivity contribution < 1.29 is 5.79 Å². The number of benzene rings is 11. The van der Waals surface area contributed by atoms with Crippen molar-refractivity contribution in [2.45, 2.75) is 0 Å². The van der Waals surface area contributed by atoms with E-state index in [1.54, 1.807) is 0 Å². The minimum Gasteiger partial charge on any atom is -0.455 e. The van der Waals surface area contributed by atoms with Gasteiger partial charge in [0.15, 0.2) is 0 Å². The van der Waals surface area contributed by atoms with E-state index in [1.165, 1.54) is 10.9 Å². The second-order valence-electron chi connectivity index (χ2n) is 18.2. The zero-order valence-electron chi connectivity index (χ0n) is 39.1. The number of anilines is 6. The van der Waals surface area contributed by atoms with E-state index < -0.39 is 0 Å². The quantitative estimate of drug-likeness (QED) is 0.149. The standard InChI is InChI=1S/C66H43BN2O/c1-5-21-44(22-6-1)49-30-17-31-50(45-23-7-2-8-24-45)64(49)68-58-37-15-14-36-56(58)67-57-43-48(53-34-19-35-55-54-29-13-16-40-62(54)70-66(53)55)41-42-59(57)69(61-39-20-38-60(68)63(61)67)65-51(46-25-9-3-10-26-46)32-18-33-52(65)47-27-11-4-12-28-47/h1-43H/i20D. The molecular weight excluding hydrogens is 848 g/mol. The summed E-state index contributed by atoms with van der Waals surface area (Å²) in [6.45, 7) is -0.192. The van der Waals surface area contributed by atoms with Gasteiger partial charge in [0.2, 0.25) is 0 Å². The van der Waals surface area contributed by atoms with E-state index in [-0.39, 0.29) is 6.71 Å². The first-order valence-corrected chi connectivity index (χ1v) is 24.0. The molecule has 0 fully saturated rings. The van der Waals surface area contributed by atoms with Crippen LogP contribution in [0, 0.1) is 0 Å². The van der Waals surface area contributed by atoms with Crippen LogP contribution in [-0.2, 0) is 0 Å². The predicted molar refractivity (Wildman–Crippen MR) is 295 cm³/mol. The van der Waals surface area contributed by atoms with Crippen LogP contribution in [0.2, 0.25) is 0 Å². The lowest BCUT2D eigenvalue weighted by atomic mass is 9.33. The molecule has 0 radical (unpaired) electrons. The highest BCUT2D eigenvalue weighted by atomic mass is 16.3. The van der Waals surface area contributed by atoms with Gasteiger partial charge in [-0.25, -0.2) is 0 Å². The van der Waals surface area contributed by atoms with Crippen LogP contribution in [0.1, 0.15) is 1.37 Å². The zero-order valence-corrected chi connectivity index (χ0v) is 38.1. The van der Waals surface area contributed by atoms with Crippen molar-refractivity contribution in [3.05, 3.63) is 261 Å². The Bertz CT molecular complexity index is 3890. The number of hydrogen-bond donors (Lipinski definition) is 0. The van der Waals surface area contributed by atoms with Crippen LogP contribution in [0.3, 0.4) is 0 Å². The summed E-state index contributed by atoms with van der Waals surface area (Å²) in [6, 6.07) is 91.7. The SMILES string of the molecule is [2H]c1cc2c3c(c1)N(c1c(-c4ccccc4)cccc1-c1ccccc1)c1ccc(-c4cccc5c4oc4ccccc45)cc1B3c1ccccc1N2c1c(-c2ccccc2)cccc1-c1ccccc1. The molecule has 2 aliphatic rings. The Labute approximate surface area is 409 Å². The molecule has 12 aromatic rings. The first kappa shape index (κ1) is 38.9. The van der Waals surface area contributed by atoms with E-state index in [9.17, 15) is 1.37 Å². The molecular formula is C66H43BN2O. The number of para-hydroxylation sites is 5. The Balaban J connectivity index is 1.11. The summed E-state index contributed by atoms with van der Waals surface area (Å²) >= 11 is 0. The molecule has 11 aromatic carbocycles. The van der Waals surface area contributed by atoms with E-state index in [2.05, 4.69) is 259 Å². The first-order chi connectivity index (χ1) is 35.2. The predicted octanol–water partition coefficient (Wildman–Crippen LogP) is 16.0. The number of fused-ring (bicyclic) bond motifs is 7. The van der Waals surface area contributed by atoms with Crippen molar-refractivity contribution in [3.8, 4) is 55.6 Å². The maximum atomic E-state index is 9.92. The number of rotatable bonds is 7. The molecule has 70 heavy (non-hydrogen) atoms. The highest BCUT2D eigenvalue weighted by Crippen LogP contribution is 2.52. The lowest BCUT2D eigenvalue weighted by Crippen LogP contribution is -2.61. The van der Waals surface area contributed by atoms with Gasteiger partial charge in [-0.15, -0.1) is 0 Å². The van der Waals surface area contributed by atoms with Crippen LogP contribution >= 0.6 is 0 Å². The van der Waals surface area contributed by atoms with Gasteiger partial charge < -0.3 is 14.2 Å². The van der Waals surface area contributed by atoms with Gasteiger partial charge in [0.05, 0.1) is 12.7 Å². The molecule has 0 N–H and O–H groups in total. The van der Waals surface area contributed by atoms with Crippen LogP contribution in [0.15, 0.2) is 265 Å². The molecule has 3 nitrogen and oxygen atoms in total. The van der Waals surface area contributed by atoms with Crippen molar-refractivity contribution >= 4 is 79.2 Å². The highest BCUT2D eigenvalue weighted by molar-refractivity contribution is 7.00.